The molecule has 1 aliphatic heterocycles. The van der Waals surface area contributed by atoms with Crippen LogP contribution in [0.25, 0.3) is 11.1 Å². The predicted molar refractivity (Wildman–Crippen MR) is 84.5 cm³/mol. The van der Waals surface area contributed by atoms with E-state index in [-0.39, 0.29) is 0 Å². The van der Waals surface area contributed by atoms with E-state index in [1.165, 1.54) is 13.2 Å². The van der Waals surface area contributed by atoms with Crippen LogP contribution >= 0.6 is 0 Å². The standard InChI is InChI=1S/C15H13FN2O5S/c1-23-11-4-2-9(3-5-11)10-6-12(16)15(13(19)7-10)18-8-14(20)17-24(18,21)22/h2-7,19H,8H2,1H3,(H,17,20). The molecule has 2 aromatic carbocycles. The second kappa shape index (κ2) is 5.68. The highest BCUT2D eigenvalue weighted by Crippen LogP contribution is 2.37. The van der Waals surface area contributed by atoms with Crippen LogP contribution < -0.4 is 13.8 Å². The molecule has 0 aliphatic carbocycles. The lowest BCUT2D eigenvalue weighted by Crippen LogP contribution is -2.30. The number of amides is 1. The molecule has 1 heterocycles. The molecule has 2 N–H and O–H groups in total. The van der Waals surface area contributed by atoms with Gasteiger partial charge in [0.15, 0.2) is 5.82 Å². The van der Waals surface area contributed by atoms with E-state index >= 15 is 0 Å². The number of phenolic OH excluding ortho intramolecular Hbond substituents is 1. The van der Waals surface area contributed by atoms with E-state index in [1.807, 2.05) is 0 Å². The maximum absolute atomic E-state index is 14.4. The fraction of sp³-hybridized carbons (Fsp3) is 0.133. The van der Waals surface area contributed by atoms with Crippen LogP contribution in [0.15, 0.2) is 36.4 Å². The van der Waals surface area contributed by atoms with Crippen molar-refractivity contribution in [3.63, 3.8) is 0 Å². The van der Waals surface area contributed by atoms with Crippen LogP contribution in [0.5, 0.6) is 11.5 Å². The lowest BCUT2D eigenvalue weighted by Gasteiger charge is -2.17. The van der Waals surface area contributed by atoms with Gasteiger partial charge < -0.3 is 9.84 Å². The summed E-state index contributed by atoms with van der Waals surface area (Å²) in [6, 6.07) is 9.01. The van der Waals surface area contributed by atoms with Crippen LogP contribution in [0.3, 0.4) is 0 Å². The average molecular weight is 352 g/mol. The zero-order chi connectivity index (χ0) is 17.5. The van der Waals surface area contributed by atoms with Crippen LogP contribution in [-0.4, -0.2) is 33.1 Å². The van der Waals surface area contributed by atoms with Crippen LogP contribution in [0.4, 0.5) is 10.1 Å². The topological polar surface area (TPSA) is 95.9 Å². The van der Waals surface area contributed by atoms with Gasteiger partial charge in [-0.05, 0) is 35.4 Å². The number of hydrogen-bond acceptors (Lipinski definition) is 5. The van der Waals surface area contributed by atoms with Gasteiger partial charge in [0.1, 0.15) is 23.7 Å². The van der Waals surface area contributed by atoms with Crippen molar-refractivity contribution in [2.45, 2.75) is 0 Å². The summed E-state index contributed by atoms with van der Waals surface area (Å²) in [6.45, 7) is -0.589. The summed E-state index contributed by atoms with van der Waals surface area (Å²) in [6.07, 6.45) is 0. The van der Waals surface area contributed by atoms with Crippen LogP contribution in [0, 0.1) is 5.82 Å². The molecule has 0 bridgehead atoms. The summed E-state index contributed by atoms with van der Waals surface area (Å²) in [4.78, 5) is 11.3. The van der Waals surface area contributed by atoms with Gasteiger partial charge in [-0.3, -0.25) is 4.79 Å². The summed E-state index contributed by atoms with van der Waals surface area (Å²) >= 11 is 0. The second-order valence-corrected chi connectivity index (χ2v) is 6.69. The Morgan fingerprint density at radius 3 is 2.38 bits per heavy atom. The summed E-state index contributed by atoms with van der Waals surface area (Å²) in [5.41, 5.74) is 0.396. The SMILES string of the molecule is COc1ccc(-c2cc(O)c(N3CC(=O)NS3(=O)=O)c(F)c2)cc1. The van der Waals surface area contributed by atoms with Gasteiger partial charge in [0.05, 0.1) is 7.11 Å². The first-order valence-corrected chi connectivity index (χ1v) is 8.26. The van der Waals surface area contributed by atoms with Gasteiger partial charge in [-0.15, -0.1) is 0 Å². The molecule has 0 unspecified atom stereocenters. The number of phenols is 1. The molecule has 0 saturated carbocycles. The number of rotatable bonds is 3. The highest BCUT2D eigenvalue weighted by Gasteiger charge is 2.37. The van der Waals surface area contributed by atoms with Crippen molar-refractivity contribution >= 4 is 21.8 Å². The van der Waals surface area contributed by atoms with Crippen molar-refractivity contribution in [1.82, 2.24) is 4.72 Å². The number of anilines is 1. The summed E-state index contributed by atoms with van der Waals surface area (Å²) in [7, 11) is -2.69. The number of halogens is 1. The molecule has 126 valence electrons. The monoisotopic (exact) mass is 352 g/mol. The Morgan fingerprint density at radius 1 is 1.21 bits per heavy atom. The van der Waals surface area contributed by atoms with Crippen molar-refractivity contribution < 1.29 is 27.4 Å². The number of carbonyl (C=O) groups excluding carboxylic acids is 1. The Balaban J connectivity index is 2.04. The minimum Gasteiger partial charge on any atom is -0.506 e. The molecular formula is C15H13FN2O5S. The number of nitrogens with one attached hydrogen (secondary N) is 1. The van der Waals surface area contributed by atoms with Gasteiger partial charge in [0.25, 0.3) is 5.91 Å². The number of methoxy groups -OCH3 is 1. The molecule has 0 radical (unpaired) electrons. The maximum Gasteiger partial charge on any atom is 0.326 e. The highest BCUT2D eigenvalue weighted by atomic mass is 32.2. The lowest BCUT2D eigenvalue weighted by molar-refractivity contribution is -0.117. The fourth-order valence-corrected chi connectivity index (χ4v) is 3.60. The summed E-state index contributed by atoms with van der Waals surface area (Å²) < 4.78 is 45.3. The molecule has 9 heteroatoms. The van der Waals surface area contributed by atoms with E-state index in [1.54, 1.807) is 29.0 Å². The molecule has 0 spiro atoms. The van der Waals surface area contributed by atoms with Gasteiger partial charge in [0.2, 0.25) is 0 Å². The van der Waals surface area contributed by atoms with E-state index < -0.39 is 39.9 Å². The fourth-order valence-electron chi connectivity index (χ4n) is 2.43. The Morgan fingerprint density at radius 2 is 1.88 bits per heavy atom. The normalized spacial score (nSPS) is 16.1. The van der Waals surface area contributed by atoms with E-state index in [0.717, 1.165) is 6.07 Å². The second-order valence-electron chi connectivity index (χ2n) is 5.09. The number of benzene rings is 2. The lowest BCUT2D eigenvalue weighted by atomic mass is 10.0. The Hall–Kier alpha value is -2.81. The molecule has 7 nitrogen and oxygen atoms in total. The molecule has 24 heavy (non-hydrogen) atoms. The Kier molecular flexibility index (Phi) is 3.80. The number of ether oxygens (including phenoxy) is 1. The van der Waals surface area contributed by atoms with Gasteiger partial charge in [0, 0.05) is 0 Å². The molecule has 3 rings (SSSR count). The maximum atomic E-state index is 14.4. The summed E-state index contributed by atoms with van der Waals surface area (Å²) in [5, 5.41) is 10.1. The van der Waals surface area contributed by atoms with Gasteiger partial charge in [-0.25, -0.2) is 13.4 Å². The number of aromatic hydroxyl groups is 1. The number of nitrogens with zero attached hydrogens (tertiary/aromatic N) is 1. The smallest absolute Gasteiger partial charge is 0.326 e. The minimum atomic E-state index is -4.20. The largest absolute Gasteiger partial charge is 0.506 e. The average Bonchev–Trinajstić information content (AvgIpc) is 2.79. The van der Waals surface area contributed by atoms with Gasteiger partial charge >= 0.3 is 10.2 Å². The third-order valence-corrected chi connectivity index (χ3v) is 4.91. The van der Waals surface area contributed by atoms with Crippen molar-refractivity contribution in [1.29, 1.82) is 0 Å². The van der Waals surface area contributed by atoms with Crippen molar-refractivity contribution in [2.75, 3.05) is 18.0 Å². The Labute approximate surface area is 137 Å². The minimum absolute atomic E-state index is 0.354. The third kappa shape index (κ3) is 2.73. The molecule has 1 fully saturated rings. The predicted octanol–water partition coefficient (Wildman–Crippen LogP) is 1.39. The first-order chi connectivity index (χ1) is 11.3. The van der Waals surface area contributed by atoms with E-state index in [9.17, 15) is 22.7 Å². The van der Waals surface area contributed by atoms with Crippen LogP contribution in [0.1, 0.15) is 0 Å². The Bertz CT molecular complexity index is 889. The van der Waals surface area contributed by atoms with E-state index in [0.29, 0.717) is 21.2 Å². The zero-order valence-corrected chi connectivity index (χ0v) is 13.3. The molecule has 1 amide bonds. The number of hydrogen-bond donors (Lipinski definition) is 2. The number of carbonyl (C=O) groups is 1. The quantitative estimate of drug-likeness (QED) is 0.870. The van der Waals surface area contributed by atoms with Crippen LogP contribution in [-0.2, 0) is 15.0 Å². The van der Waals surface area contributed by atoms with Crippen molar-refractivity contribution in [3.8, 4) is 22.6 Å². The van der Waals surface area contributed by atoms with Crippen LogP contribution in [0.2, 0.25) is 0 Å². The zero-order valence-electron chi connectivity index (χ0n) is 12.5. The van der Waals surface area contributed by atoms with E-state index in [4.69, 9.17) is 4.74 Å². The molecule has 0 aromatic heterocycles. The van der Waals surface area contributed by atoms with Gasteiger partial charge in [-0.1, -0.05) is 12.1 Å². The molecule has 1 saturated heterocycles. The molecule has 2 aromatic rings. The molecule has 1 aliphatic rings. The van der Waals surface area contributed by atoms with Crippen molar-refractivity contribution in [2.24, 2.45) is 0 Å². The van der Waals surface area contributed by atoms with E-state index in [2.05, 4.69) is 0 Å². The highest BCUT2D eigenvalue weighted by molar-refractivity contribution is 7.92. The summed E-state index contributed by atoms with van der Waals surface area (Å²) in [5.74, 6) is -1.72. The first kappa shape index (κ1) is 16.1. The van der Waals surface area contributed by atoms with Crippen molar-refractivity contribution in [3.05, 3.63) is 42.2 Å². The first-order valence-electron chi connectivity index (χ1n) is 6.82. The molecule has 0 atom stereocenters. The molecular weight excluding hydrogens is 339 g/mol. The van der Waals surface area contributed by atoms with Gasteiger partial charge in [-0.2, -0.15) is 8.42 Å². The third-order valence-electron chi connectivity index (χ3n) is 3.54.